The Hall–Kier alpha value is -0.740. The fraction of sp³-hybridized carbons (Fsp3) is 0.417. The van der Waals surface area contributed by atoms with Gasteiger partial charge in [-0.25, -0.2) is 0 Å². The highest BCUT2D eigenvalue weighted by molar-refractivity contribution is 9.10. The van der Waals surface area contributed by atoms with Gasteiger partial charge >= 0.3 is 5.37 Å². The van der Waals surface area contributed by atoms with Crippen molar-refractivity contribution in [3.8, 4) is 5.75 Å². The Kier molecular flexibility index (Phi) is 4.29. The summed E-state index contributed by atoms with van der Waals surface area (Å²) >= 11 is 8.80. The van der Waals surface area contributed by atoms with E-state index >= 15 is 0 Å². The molecule has 1 aliphatic rings. The fourth-order valence-corrected chi connectivity index (χ4v) is 2.29. The summed E-state index contributed by atoms with van der Waals surface area (Å²) in [6, 6.07) is 7.77. The summed E-state index contributed by atoms with van der Waals surface area (Å²) in [5.74, 6) is 0.865. The summed E-state index contributed by atoms with van der Waals surface area (Å²) in [6.45, 7) is 1.34. The number of benzene rings is 1. The predicted molar refractivity (Wildman–Crippen MR) is 70.6 cm³/mol. The van der Waals surface area contributed by atoms with Gasteiger partial charge in [-0.05, 0) is 35.9 Å². The Morgan fingerprint density at radius 3 is 2.41 bits per heavy atom. The van der Waals surface area contributed by atoms with E-state index in [4.69, 9.17) is 16.3 Å². The normalized spacial score (nSPS) is 16.9. The molecule has 1 saturated heterocycles. The molecule has 0 aliphatic carbocycles. The van der Waals surface area contributed by atoms with E-state index in [1.807, 2.05) is 24.3 Å². The Balaban J connectivity index is 1.85. The minimum Gasteiger partial charge on any atom is -0.490 e. The van der Waals surface area contributed by atoms with Gasteiger partial charge in [0, 0.05) is 30.4 Å². The van der Waals surface area contributed by atoms with Crippen LogP contribution in [0.4, 0.5) is 4.79 Å². The number of amides is 1. The van der Waals surface area contributed by atoms with Crippen LogP contribution in [-0.4, -0.2) is 29.5 Å². The topological polar surface area (TPSA) is 29.5 Å². The molecule has 1 amide bonds. The number of carbonyl (C=O) groups is 1. The van der Waals surface area contributed by atoms with Gasteiger partial charge in [-0.3, -0.25) is 4.79 Å². The molecule has 0 atom stereocenters. The minimum absolute atomic E-state index is 0.170. The van der Waals surface area contributed by atoms with E-state index in [9.17, 15) is 4.79 Å². The lowest BCUT2D eigenvalue weighted by Crippen LogP contribution is -2.39. The van der Waals surface area contributed by atoms with Gasteiger partial charge in [0.1, 0.15) is 11.9 Å². The highest BCUT2D eigenvalue weighted by Crippen LogP contribution is 2.21. The lowest BCUT2D eigenvalue weighted by molar-refractivity contribution is 0.118. The summed E-state index contributed by atoms with van der Waals surface area (Å²) < 4.78 is 6.87. The first-order valence-corrected chi connectivity index (χ1v) is 6.69. The van der Waals surface area contributed by atoms with Gasteiger partial charge < -0.3 is 9.64 Å². The molecule has 1 heterocycles. The fourth-order valence-electron chi connectivity index (χ4n) is 1.86. The van der Waals surface area contributed by atoms with Crippen LogP contribution < -0.4 is 4.74 Å². The van der Waals surface area contributed by atoms with Gasteiger partial charge in [-0.2, -0.15) is 0 Å². The van der Waals surface area contributed by atoms with Crippen molar-refractivity contribution in [2.24, 2.45) is 0 Å². The standard InChI is InChI=1S/C12H13BrClNO2/c13-9-1-3-10(4-2-9)17-11-5-7-15(8-6-11)12(14)16/h1-4,11H,5-8H2. The molecule has 1 fully saturated rings. The van der Waals surface area contributed by atoms with Gasteiger partial charge in [0.2, 0.25) is 0 Å². The molecule has 2 rings (SSSR count). The molecule has 0 aromatic heterocycles. The van der Waals surface area contributed by atoms with Crippen LogP contribution in [0.25, 0.3) is 0 Å². The van der Waals surface area contributed by atoms with E-state index in [1.54, 1.807) is 4.90 Å². The van der Waals surface area contributed by atoms with Crippen LogP contribution in [0, 0.1) is 0 Å². The Labute approximate surface area is 114 Å². The van der Waals surface area contributed by atoms with Gasteiger partial charge in [0.15, 0.2) is 0 Å². The van der Waals surface area contributed by atoms with Crippen molar-refractivity contribution in [2.75, 3.05) is 13.1 Å². The molecule has 5 heteroatoms. The minimum atomic E-state index is -0.368. The molecule has 1 aromatic rings. The molecule has 92 valence electrons. The molecule has 0 radical (unpaired) electrons. The van der Waals surface area contributed by atoms with Crippen molar-refractivity contribution >= 4 is 32.9 Å². The second-order valence-corrected chi connectivity index (χ2v) is 5.25. The maximum Gasteiger partial charge on any atom is 0.316 e. The largest absolute Gasteiger partial charge is 0.490 e. The number of ether oxygens (including phenoxy) is 1. The van der Waals surface area contributed by atoms with Crippen LogP contribution in [0.3, 0.4) is 0 Å². The van der Waals surface area contributed by atoms with E-state index in [1.165, 1.54) is 0 Å². The number of piperidine rings is 1. The van der Waals surface area contributed by atoms with Crippen molar-refractivity contribution in [3.63, 3.8) is 0 Å². The van der Waals surface area contributed by atoms with Crippen LogP contribution in [0.1, 0.15) is 12.8 Å². The lowest BCUT2D eigenvalue weighted by atomic mass is 10.1. The molecule has 3 nitrogen and oxygen atoms in total. The number of hydrogen-bond acceptors (Lipinski definition) is 2. The smallest absolute Gasteiger partial charge is 0.316 e. The van der Waals surface area contributed by atoms with E-state index in [2.05, 4.69) is 15.9 Å². The summed E-state index contributed by atoms with van der Waals surface area (Å²) in [7, 11) is 0. The van der Waals surface area contributed by atoms with Crippen LogP contribution in [0.2, 0.25) is 0 Å². The average Bonchev–Trinajstić information content (AvgIpc) is 2.33. The van der Waals surface area contributed by atoms with Crippen LogP contribution in [0.5, 0.6) is 5.75 Å². The molecule has 17 heavy (non-hydrogen) atoms. The van der Waals surface area contributed by atoms with Crippen molar-refractivity contribution in [1.82, 2.24) is 4.90 Å². The third-order valence-electron chi connectivity index (χ3n) is 2.81. The molecule has 0 unspecified atom stereocenters. The highest BCUT2D eigenvalue weighted by Gasteiger charge is 2.22. The first kappa shape index (κ1) is 12.7. The van der Waals surface area contributed by atoms with E-state index in [0.717, 1.165) is 23.1 Å². The zero-order chi connectivity index (χ0) is 12.3. The SMILES string of the molecule is O=C(Cl)N1CCC(Oc2ccc(Br)cc2)CC1. The number of likely N-dealkylation sites (tertiary alicyclic amines) is 1. The zero-order valence-electron chi connectivity index (χ0n) is 9.23. The van der Waals surface area contributed by atoms with E-state index < -0.39 is 0 Å². The third kappa shape index (κ3) is 3.61. The first-order valence-electron chi connectivity index (χ1n) is 5.52. The van der Waals surface area contributed by atoms with Crippen molar-refractivity contribution in [2.45, 2.75) is 18.9 Å². The molecule has 0 bridgehead atoms. The average molecular weight is 319 g/mol. The number of carbonyl (C=O) groups excluding carboxylic acids is 1. The molecule has 0 spiro atoms. The molecule has 1 aromatic carbocycles. The molecular weight excluding hydrogens is 305 g/mol. The Bertz CT molecular complexity index is 388. The monoisotopic (exact) mass is 317 g/mol. The number of halogens is 2. The Morgan fingerprint density at radius 2 is 1.88 bits per heavy atom. The van der Waals surface area contributed by atoms with Crippen molar-refractivity contribution < 1.29 is 9.53 Å². The summed E-state index contributed by atoms with van der Waals surface area (Å²) in [5, 5.41) is -0.368. The maximum absolute atomic E-state index is 10.9. The summed E-state index contributed by atoms with van der Waals surface area (Å²) in [5.41, 5.74) is 0. The van der Waals surface area contributed by atoms with Gasteiger partial charge in [-0.15, -0.1) is 0 Å². The molecule has 0 saturated carbocycles. The number of nitrogens with zero attached hydrogens (tertiary/aromatic N) is 1. The molecule has 1 aliphatic heterocycles. The van der Waals surface area contributed by atoms with Gasteiger partial charge in [-0.1, -0.05) is 15.9 Å². The summed E-state index contributed by atoms with van der Waals surface area (Å²) in [6.07, 6.45) is 1.83. The predicted octanol–water partition coefficient (Wildman–Crippen LogP) is 3.65. The quantitative estimate of drug-likeness (QED) is 0.615. The van der Waals surface area contributed by atoms with Gasteiger partial charge in [0.05, 0.1) is 0 Å². The molecule has 0 N–H and O–H groups in total. The van der Waals surface area contributed by atoms with Crippen molar-refractivity contribution in [3.05, 3.63) is 28.7 Å². The number of hydrogen-bond donors (Lipinski definition) is 0. The zero-order valence-corrected chi connectivity index (χ0v) is 11.6. The second kappa shape index (κ2) is 5.74. The first-order chi connectivity index (χ1) is 8.15. The lowest BCUT2D eigenvalue weighted by Gasteiger charge is -2.30. The van der Waals surface area contributed by atoms with Crippen molar-refractivity contribution in [1.29, 1.82) is 0 Å². The van der Waals surface area contributed by atoms with Crippen LogP contribution in [-0.2, 0) is 0 Å². The van der Waals surface area contributed by atoms with E-state index in [-0.39, 0.29) is 11.5 Å². The molecular formula is C12H13BrClNO2. The van der Waals surface area contributed by atoms with Gasteiger partial charge in [0.25, 0.3) is 0 Å². The van der Waals surface area contributed by atoms with E-state index in [0.29, 0.717) is 13.1 Å². The maximum atomic E-state index is 10.9. The third-order valence-corrected chi connectivity index (χ3v) is 3.57. The highest BCUT2D eigenvalue weighted by atomic mass is 79.9. The number of rotatable bonds is 2. The second-order valence-electron chi connectivity index (χ2n) is 4.01. The Morgan fingerprint density at radius 1 is 1.29 bits per heavy atom. The van der Waals surface area contributed by atoms with Crippen LogP contribution in [0.15, 0.2) is 28.7 Å². The van der Waals surface area contributed by atoms with Crippen LogP contribution >= 0.6 is 27.5 Å². The summed E-state index contributed by atoms with van der Waals surface area (Å²) in [4.78, 5) is 12.6.